The summed E-state index contributed by atoms with van der Waals surface area (Å²) in [4.78, 5) is 23.2. The van der Waals surface area contributed by atoms with E-state index >= 15 is 0 Å². The molecule has 0 saturated heterocycles. The Morgan fingerprint density at radius 2 is 2.06 bits per heavy atom. The summed E-state index contributed by atoms with van der Waals surface area (Å²) >= 11 is 0. The lowest BCUT2D eigenvalue weighted by Gasteiger charge is -2.08. The van der Waals surface area contributed by atoms with Gasteiger partial charge in [0.05, 0.1) is 12.2 Å². The van der Waals surface area contributed by atoms with Crippen LogP contribution in [0.2, 0.25) is 0 Å². The summed E-state index contributed by atoms with van der Waals surface area (Å²) in [6, 6.07) is 1.68. The fourth-order valence-corrected chi connectivity index (χ4v) is 1.45. The summed E-state index contributed by atoms with van der Waals surface area (Å²) in [5.41, 5.74) is 1.22. The molecule has 0 bridgehead atoms. The molecule has 0 aliphatic carbocycles. The van der Waals surface area contributed by atoms with Gasteiger partial charge in [-0.2, -0.15) is 5.10 Å². The van der Waals surface area contributed by atoms with Crippen molar-refractivity contribution < 1.29 is 9.59 Å². The van der Waals surface area contributed by atoms with E-state index < -0.39 is 0 Å². The van der Waals surface area contributed by atoms with Crippen LogP contribution in [0.3, 0.4) is 0 Å². The lowest BCUT2D eigenvalue weighted by Crippen LogP contribution is -2.38. The summed E-state index contributed by atoms with van der Waals surface area (Å²) in [6.07, 6.45) is 0. The highest BCUT2D eigenvalue weighted by molar-refractivity contribution is 5.95. The Hall–Kier alpha value is -1.85. The average Bonchev–Trinajstić information content (AvgIpc) is 2.62. The molecule has 0 atom stereocenters. The third-order valence-corrected chi connectivity index (χ3v) is 2.35. The minimum atomic E-state index is -0.294. The van der Waals surface area contributed by atoms with Gasteiger partial charge in [0.25, 0.3) is 5.91 Å². The molecule has 0 fully saturated rings. The van der Waals surface area contributed by atoms with Crippen LogP contribution in [0.4, 0.5) is 0 Å². The molecule has 1 heterocycles. The Bertz CT molecular complexity index is 437. The van der Waals surface area contributed by atoms with E-state index in [1.54, 1.807) is 13.1 Å². The number of nitrogens with one attached hydrogen (secondary N) is 2. The maximum atomic E-state index is 11.8. The van der Waals surface area contributed by atoms with Crippen LogP contribution in [0.15, 0.2) is 6.07 Å². The Balaban J connectivity index is 2.42. The summed E-state index contributed by atoms with van der Waals surface area (Å²) < 4.78 is 1.50. The van der Waals surface area contributed by atoms with Crippen molar-refractivity contribution in [3.63, 3.8) is 0 Å². The van der Waals surface area contributed by atoms with Crippen LogP contribution in [0.25, 0.3) is 0 Å². The number of hydrogen-bond acceptors (Lipinski definition) is 3. The van der Waals surface area contributed by atoms with E-state index in [-0.39, 0.29) is 18.4 Å². The van der Waals surface area contributed by atoms with Gasteiger partial charge in [-0.15, -0.1) is 0 Å². The molecule has 2 N–H and O–H groups in total. The number of rotatable bonds is 5. The SMILES string of the molecule is Cc1cc(C(=O)NCC(=O)NCC(C)C)n(C)n1. The molecule has 0 aliphatic rings. The second-order valence-electron chi connectivity index (χ2n) is 4.68. The van der Waals surface area contributed by atoms with Gasteiger partial charge in [0.2, 0.25) is 5.91 Å². The van der Waals surface area contributed by atoms with Crippen LogP contribution in [-0.2, 0) is 11.8 Å². The zero-order valence-corrected chi connectivity index (χ0v) is 11.3. The number of carbonyl (C=O) groups is 2. The van der Waals surface area contributed by atoms with Crippen molar-refractivity contribution in [2.24, 2.45) is 13.0 Å². The number of amides is 2. The van der Waals surface area contributed by atoms with E-state index in [1.165, 1.54) is 4.68 Å². The van der Waals surface area contributed by atoms with Gasteiger partial charge in [0.1, 0.15) is 5.69 Å². The summed E-state index contributed by atoms with van der Waals surface area (Å²) in [6.45, 7) is 6.43. The van der Waals surface area contributed by atoms with Gasteiger partial charge in [-0.3, -0.25) is 14.3 Å². The third kappa shape index (κ3) is 4.20. The fraction of sp³-hybridized carbons (Fsp3) is 0.583. The molecule has 6 heteroatoms. The van der Waals surface area contributed by atoms with Gasteiger partial charge in [-0.05, 0) is 18.9 Å². The molecule has 0 aliphatic heterocycles. The predicted octanol–water partition coefficient (Wildman–Crippen LogP) is 0.231. The van der Waals surface area contributed by atoms with Gasteiger partial charge in [0, 0.05) is 13.6 Å². The van der Waals surface area contributed by atoms with Crippen molar-refractivity contribution >= 4 is 11.8 Å². The van der Waals surface area contributed by atoms with Crippen molar-refractivity contribution in [1.29, 1.82) is 0 Å². The predicted molar refractivity (Wildman–Crippen MR) is 68.1 cm³/mol. The molecule has 0 spiro atoms. The molecule has 0 unspecified atom stereocenters. The highest BCUT2D eigenvalue weighted by Gasteiger charge is 2.12. The normalized spacial score (nSPS) is 10.5. The maximum absolute atomic E-state index is 11.8. The van der Waals surface area contributed by atoms with Crippen molar-refractivity contribution in [3.8, 4) is 0 Å². The Kier molecular flexibility index (Phi) is 4.88. The molecule has 1 aromatic heterocycles. The van der Waals surface area contributed by atoms with Gasteiger partial charge in [-0.1, -0.05) is 13.8 Å². The molecule has 100 valence electrons. The van der Waals surface area contributed by atoms with Gasteiger partial charge in [0.15, 0.2) is 0 Å². The molecular formula is C12H20N4O2. The minimum absolute atomic E-state index is 0.0181. The van der Waals surface area contributed by atoms with Crippen molar-refractivity contribution in [3.05, 3.63) is 17.5 Å². The first kappa shape index (κ1) is 14.2. The van der Waals surface area contributed by atoms with E-state index in [1.807, 2.05) is 20.8 Å². The van der Waals surface area contributed by atoms with Gasteiger partial charge >= 0.3 is 0 Å². The second-order valence-corrected chi connectivity index (χ2v) is 4.68. The fourth-order valence-electron chi connectivity index (χ4n) is 1.45. The van der Waals surface area contributed by atoms with Crippen molar-refractivity contribution in [1.82, 2.24) is 20.4 Å². The van der Waals surface area contributed by atoms with Crippen LogP contribution in [0, 0.1) is 12.8 Å². The Labute approximate surface area is 107 Å². The summed E-state index contributed by atoms with van der Waals surface area (Å²) in [5.74, 6) is -0.0851. The quantitative estimate of drug-likeness (QED) is 0.787. The molecular weight excluding hydrogens is 232 g/mol. The van der Waals surface area contributed by atoms with Crippen LogP contribution in [0.1, 0.15) is 30.0 Å². The van der Waals surface area contributed by atoms with E-state index in [9.17, 15) is 9.59 Å². The first-order chi connectivity index (χ1) is 8.40. The number of nitrogens with zero attached hydrogens (tertiary/aromatic N) is 2. The lowest BCUT2D eigenvalue weighted by molar-refractivity contribution is -0.120. The van der Waals surface area contributed by atoms with Crippen LogP contribution in [-0.4, -0.2) is 34.7 Å². The summed E-state index contributed by atoms with van der Waals surface area (Å²) in [5, 5.41) is 9.37. The monoisotopic (exact) mass is 252 g/mol. The number of aryl methyl sites for hydroxylation is 2. The van der Waals surface area contributed by atoms with E-state index in [0.29, 0.717) is 18.2 Å². The molecule has 1 aromatic rings. The van der Waals surface area contributed by atoms with E-state index in [2.05, 4.69) is 15.7 Å². The van der Waals surface area contributed by atoms with Crippen molar-refractivity contribution in [2.75, 3.05) is 13.1 Å². The molecule has 0 radical (unpaired) electrons. The topological polar surface area (TPSA) is 76.0 Å². The van der Waals surface area contributed by atoms with Crippen molar-refractivity contribution in [2.45, 2.75) is 20.8 Å². The van der Waals surface area contributed by atoms with Crippen LogP contribution >= 0.6 is 0 Å². The number of hydrogen-bond donors (Lipinski definition) is 2. The molecule has 0 aromatic carbocycles. The Morgan fingerprint density at radius 3 is 2.56 bits per heavy atom. The van der Waals surface area contributed by atoms with Gasteiger partial charge in [-0.25, -0.2) is 0 Å². The first-order valence-corrected chi connectivity index (χ1v) is 5.95. The van der Waals surface area contributed by atoms with Gasteiger partial charge < -0.3 is 10.6 Å². The highest BCUT2D eigenvalue weighted by Crippen LogP contribution is 2.00. The lowest BCUT2D eigenvalue weighted by atomic mass is 10.2. The minimum Gasteiger partial charge on any atom is -0.354 e. The zero-order chi connectivity index (χ0) is 13.7. The molecule has 18 heavy (non-hydrogen) atoms. The van der Waals surface area contributed by atoms with Crippen LogP contribution in [0.5, 0.6) is 0 Å². The molecule has 6 nitrogen and oxygen atoms in total. The molecule has 1 rings (SSSR count). The third-order valence-electron chi connectivity index (χ3n) is 2.35. The van der Waals surface area contributed by atoms with E-state index in [4.69, 9.17) is 0 Å². The summed E-state index contributed by atoms with van der Waals surface area (Å²) in [7, 11) is 1.70. The Morgan fingerprint density at radius 1 is 1.39 bits per heavy atom. The van der Waals surface area contributed by atoms with Crippen LogP contribution < -0.4 is 10.6 Å². The highest BCUT2D eigenvalue weighted by atomic mass is 16.2. The zero-order valence-electron chi connectivity index (χ0n) is 11.3. The van der Waals surface area contributed by atoms with E-state index in [0.717, 1.165) is 5.69 Å². The standard InChI is InChI=1S/C12H20N4O2/c1-8(2)6-13-11(17)7-14-12(18)10-5-9(3)15-16(10)4/h5,8H,6-7H2,1-4H3,(H,13,17)(H,14,18). The number of aromatic nitrogens is 2. The maximum Gasteiger partial charge on any atom is 0.269 e. The largest absolute Gasteiger partial charge is 0.354 e. The molecule has 2 amide bonds. The molecule has 0 saturated carbocycles. The first-order valence-electron chi connectivity index (χ1n) is 5.95. The smallest absolute Gasteiger partial charge is 0.269 e. The number of carbonyl (C=O) groups excluding carboxylic acids is 2. The average molecular weight is 252 g/mol. The second kappa shape index (κ2) is 6.18.